The van der Waals surface area contributed by atoms with Gasteiger partial charge in [-0.05, 0) is 44.0 Å². The molecule has 3 aliphatic heterocycles. The van der Waals surface area contributed by atoms with Gasteiger partial charge in [-0.15, -0.1) is 0 Å². The lowest BCUT2D eigenvalue weighted by molar-refractivity contribution is -0.117. The van der Waals surface area contributed by atoms with Gasteiger partial charge >= 0.3 is 6.09 Å². The number of aromatic nitrogens is 2. The van der Waals surface area contributed by atoms with Gasteiger partial charge in [0.25, 0.3) is 0 Å². The number of ether oxygens (including phenoxy) is 1. The highest BCUT2D eigenvalue weighted by molar-refractivity contribution is 6.03. The van der Waals surface area contributed by atoms with Crippen LogP contribution in [0.1, 0.15) is 32.7 Å². The summed E-state index contributed by atoms with van der Waals surface area (Å²) in [5.41, 5.74) is 3.37. The Morgan fingerprint density at radius 2 is 1.97 bits per heavy atom. The van der Waals surface area contributed by atoms with Crippen molar-refractivity contribution in [2.75, 3.05) is 42.5 Å². The minimum atomic E-state index is -0.358. The Bertz CT molecular complexity index is 1010. The molecule has 2 atom stereocenters. The predicted octanol–water partition coefficient (Wildman–Crippen LogP) is 2.14. The van der Waals surface area contributed by atoms with Crippen molar-refractivity contribution in [2.45, 2.75) is 44.9 Å². The van der Waals surface area contributed by atoms with Crippen molar-refractivity contribution in [1.29, 1.82) is 0 Å². The molecule has 2 aromatic rings. The molecule has 1 aromatic carbocycles. The molecule has 4 heterocycles. The Labute approximate surface area is 187 Å². The average Bonchev–Trinajstić information content (AvgIpc) is 3.21. The van der Waals surface area contributed by atoms with E-state index in [2.05, 4.69) is 15.7 Å². The average molecular weight is 439 g/mol. The van der Waals surface area contributed by atoms with Gasteiger partial charge in [-0.3, -0.25) is 14.4 Å². The first-order chi connectivity index (χ1) is 15.5. The van der Waals surface area contributed by atoms with Crippen LogP contribution >= 0.6 is 0 Å². The molecule has 2 N–H and O–H groups in total. The third-order valence-corrected chi connectivity index (χ3v) is 6.56. The van der Waals surface area contributed by atoms with Gasteiger partial charge in [0.1, 0.15) is 6.10 Å². The number of carbonyl (C=O) groups is 2. The number of amides is 2. The molecule has 0 aliphatic carbocycles. The van der Waals surface area contributed by atoms with Gasteiger partial charge in [0, 0.05) is 44.9 Å². The van der Waals surface area contributed by atoms with Crippen LogP contribution in [0.5, 0.6) is 0 Å². The van der Waals surface area contributed by atoms with Crippen LogP contribution in [0, 0.1) is 0 Å². The van der Waals surface area contributed by atoms with Crippen molar-refractivity contribution in [1.82, 2.24) is 20.4 Å². The lowest BCUT2D eigenvalue weighted by atomic mass is 10.0. The molecule has 1 aromatic heterocycles. The maximum absolute atomic E-state index is 13.2. The highest BCUT2D eigenvalue weighted by atomic mass is 16.6. The van der Waals surface area contributed by atoms with Crippen molar-refractivity contribution in [3.05, 3.63) is 30.6 Å². The molecular formula is C23H30N6O3. The Morgan fingerprint density at radius 3 is 2.66 bits per heavy atom. The summed E-state index contributed by atoms with van der Waals surface area (Å²) >= 11 is 0. The second kappa shape index (κ2) is 8.55. The maximum Gasteiger partial charge on any atom is 0.414 e. The van der Waals surface area contributed by atoms with Crippen molar-refractivity contribution < 1.29 is 14.3 Å². The van der Waals surface area contributed by atoms with E-state index >= 15 is 0 Å². The van der Waals surface area contributed by atoms with E-state index in [1.54, 1.807) is 16.7 Å². The van der Waals surface area contributed by atoms with Crippen molar-refractivity contribution in [2.24, 2.45) is 0 Å². The summed E-state index contributed by atoms with van der Waals surface area (Å²) in [6.07, 6.45) is 5.27. The standard InChI is InChI=1S/C23H30N6O3/c1-15-13-27(23(31)32-20-4-3-7-24-12-20)22-8-17(5-6-21(22)29(15)16(2)30)18-9-26-28(14-18)19-10-25-11-19/h5-6,8-9,14-15,19-20,24-25H,3-4,7,10-13H2,1-2H3. The van der Waals surface area contributed by atoms with Crippen LogP contribution in [-0.4, -0.2) is 66.7 Å². The van der Waals surface area contributed by atoms with Crippen molar-refractivity contribution in [3.63, 3.8) is 0 Å². The number of anilines is 2. The summed E-state index contributed by atoms with van der Waals surface area (Å²) in [6, 6.07) is 6.12. The van der Waals surface area contributed by atoms with E-state index in [9.17, 15) is 9.59 Å². The highest BCUT2D eigenvalue weighted by Gasteiger charge is 2.35. The van der Waals surface area contributed by atoms with Gasteiger partial charge in [0.05, 0.1) is 29.7 Å². The number of benzene rings is 1. The molecule has 2 fully saturated rings. The molecule has 5 rings (SSSR count). The molecule has 2 saturated heterocycles. The van der Waals surface area contributed by atoms with E-state index in [1.165, 1.54) is 0 Å². The molecule has 0 saturated carbocycles. The summed E-state index contributed by atoms with van der Waals surface area (Å²) in [5, 5.41) is 11.1. The number of carbonyl (C=O) groups excluding carboxylic acids is 2. The lowest BCUT2D eigenvalue weighted by Crippen LogP contribution is -2.52. The zero-order chi connectivity index (χ0) is 22.2. The summed E-state index contributed by atoms with van der Waals surface area (Å²) in [6.45, 7) is 7.39. The minimum Gasteiger partial charge on any atom is -0.444 e. The predicted molar refractivity (Wildman–Crippen MR) is 122 cm³/mol. The first-order valence-electron chi connectivity index (χ1n) is 11.4. The quantitative estimate of drug-likeness (QED) is 0.763. The molecule has 0 spiro atoms. The number of rotatable bonds is 3. The molecule has 3 aliphatic rings. The molecule has 0 bridgehead atoms. The number of fused-ring (bicyclic) bond motifs is 1. The van der Waals surface area contributed by atoms with E-state index in [0.717, 1.165) is 49.3 Å². The summed E-state index contributed by atoms with van der Waals surface area (Å²) < 4.78 is 7.82. The molecule has 2 amide bonds. The fourth-order valence-electron chi connectivity index (χ4n) is 4.73. The number of piperidine rings is 1. The van der Waals surface area contributed by atoms with Crippen LogP contribution in [0.4, 0.5) is 16.2 Å². The third kappa shape index (κ3) is 3.86. The van der Waals surface area contributed by atoms with Crippen molar-refractivity contribution >= 4 is 23.4 Å². The molecular weight excluding hydrogens is 408 g/mol. The monoisotopic (exact) mass is 438 g/mol. The highest BCUT2D eigenvalue weighted by Crippen LogP contribution is 2.39. The number of hydrogen-bond donors (Lipinski definition) is 2. The van der Waals surface area contributed by atoms with E-state index in [1.807, 2.05) is 42.2 Å². The van der Waals surface area contributed by atoms with Crippen LogP contribution in [0.15, 0.2) is 30.6 Å². The summed E-state index contributed by atoms with van der Waals surface area (Å²) in [7, 11) is 0. The third-order valence-electron chi connectivity index (χ3n) is 6.56. The van der Waals surface area contributed by atoms with Crippen LogP contribution in [-0.2, 0) is 9.53 Å². The molecule has 9 nitrogen and oxygen atoms in total. The largest absolute Gasteiger partial charge is 0.444 e. The second-order valence-electron chi connectivity index (χ2n) is 8.93. The van der Waals surface area contributed by atoms with E-state index < -0.39 is 0 Å². The Hall–Kier alpha value is -2.91. The van der Waals surface area contributed by atoms with E-state index in [4.69, 9.17) is 4.74 Å². The van der Waals surface area contributed by atoms with Gasteiger partial charge in [0.15, 0.2) is 0 Å². The molecule has 9 heteroatoms. The zero-order valence-corrected chi connectivity index (χ0v) is 18.6. The smallest absolute Gasteiger partial charge is 0.414 e. The Kier molecular flexibility index (Phi) is 5.60. The van der Waals surface area contributed by atoms with Crippen LogP contribution in [0.2, 0.25) is 0 Å². The zero-order valence-electron chi connectivity index (χ0n) is 18.6. The first kappa shape index (κ1) is 21.0. The Morgan fingerprint density at radius 1 is 1.12 bits per heavy atom. The second-order valence-corrected chi connectivity index (χ2v) is 8.93. The van der Waals surface area contributed by atoms with Gasteiger partial charge in [-0.25, -0.2) is 4.79 Å². The van der Waals surface area contributed by atoms with Gasteiger partial charge < -0.3 is 20.3 Å². The molecule has 0 radical (unpaired) electrons. The van der Waals surface area contributed by atoms with Crippen LogP contribution in [0.3, 0.4) is 0 Å². The Balaban J connectivity index is 1.47. The van der Waals surface area contributed by atoms with Crippen LogP contribution in [0.25, 0.3) is 11.1 Å². The molecule has 2 unspecified atom stereocenters. The fraction of sp³-hybridized carbons (Fsp3) is 0.522. The number of nitrogens with one attached hydrogen (secondary N) is 2. The fourth-order valence-corrected chi connectivity index (χ4v) is 4.73. The van der Waals surface area contributed by atoms with Crippen LogP contribution < -0.4 is 20.4 Å². The van der Waals surface area contributed by atoms with Gasteiger partial charge in [-0.1, -0.05) is 6.07 Å². The first-order valence-corrected chi connectivity index (χ1v) is 11.4. The lowest BCUT2D eigenvalue weighted by Gasteiger charge is -2.41. The number of hydrogen-bond acceptors (Lipinski definition) is 6. The number of nitrogens with zero attached hydrogens (tertiary/aromatic N) is 4. The van der Waals surface area contributed by atoms with Gasteiger partial charge in [-0.2, -0.15) is 5.10 Å². The maximum atomic E-state index is 13.2. The summed E-state index contributed by atoms with van der Waals surface area (Å²) in [4.78, 5) is 29.0. The van der Waals surface area contributed by atoms with Crippen molar-refractivity contribution in [3.8, 4) is 11.1 Å². The normalized spacial score (nSPS) is 23.4. The molecule has 170 valence electrons. The summed E-state index contributed by atoms with van der Waals surface area (Å²) in [5.74, 6) is -0.0405. The van der Waals surface area contributed by atoms with E-state index in [-0.39, 0.29) is 24.1 Å². The topological polar surface area (TPSA) is 91.7 Å². The SMILES string of the molecule is CC(=O)N1c2ccc(-c3cnn(C4CNC4)c3)cc2N(C(=O)OC2CCCNC2)CC1C. The molecule has 32 heavy (non-hydrogen) atoms. The minimum absolute atomic E-state index is 0.0405. The van der Waals surface area contributed by atoms with Gasteiger partial charge in [0.2, 0.25) is 5.91 Å². The van der Waals surface area contributed by atoms with E-state index in [0.29, 0.717) is 24.8 Å².